The monoisotopic (exact) mass is 588 g/mol. The van der Waals surface area contributed by atoms with Gasteiger partial charge < -0.3 is 24.0 Å². The molecule has 0 spiro atoms. The second-order valence-corrected chi connectivity index (χ2v) is 12.2. The molecule has 1 fully saturated rings. The van der Waals surface area contributed by atoms with Gasteiger partial charge in [-0.3, -0.25) is 4.90 Å². The maximum atomic E-state index is 6.13. The zero-order valence-electron chi connectivity index (χ0n) is 25.3. The summed E-state index contributed by atoms with van der Waals surface area (Å²) in [6.45, 7) is 9.32. The van der Waals surface area contributed by atoms with Crippen molar-refractivity contribution in [3.63, 3.8) is 0 Å². The van der Waals surface area contributed by atoms with E-state index in [2.05, 4.69) is 64.1 Å². The van der Waals surface area contributed by atoms with E-state index in [1.54, 1.807) is 14.2 Å². The molecule has 2 aliphatic heterocycles. The lowest BCUT2D eigenvalue weighted by Crippen LogP contribution is -2.45. The van der Waals surface area contributed by atoms with Gasteiger partial charge >= 0.3 is 0 Å². The van der Waals surface area contributed by atoms with E-state index in [-0.39, 0.29) is 0 Å². The third kappa shape index (κ3) is 8.29. The topological polar surface area (TPSA) is 49.8 Å². The van der Waals surface area contributed by atoms with Gasteiger partial charge in [-0.1, -0.05) is 37.6 Å². The van der Waals surface area contributed by atoms with Crippen molar-refractivity contribution in [3.8, 4) is 11.5 Å². The Balaban J connectivity index is 1.41. The SMILES string of the molecule is CCCCOC1=CCN(Cc2ccc(CN3CCCC3)s2)C(N(Cc2ccc(OC)cc2)Cc2ccc(OC)cc2)=N1. The summed E-state index contributed by atoms with van der Waals surface area (Å²) in [6.07, 6.45) is 6.87. The number of nitrogens with zero attached hydrogens (tertiary/aromatic N) is 4. The zero-order valence-corrected chi connectivity index (χ0v) is 26.1. The highest BCUT2D eigenvalue weighted by molar-refractivity contribution is 7.11. The Morgan fingerprint density at radius 2 is 1.40 bits per heavy atom. The van der Waals surface area contributed by atoms with Crippen LogP contribution in [0.3, 0.4) is 0 Å². The van der Waals surface area contributed by atoms with Crippen molar-refractivity contribution < 1.29 is 14.2 Å². The minimum Gasteiger partial charge on any atom is -0.497 e. The molecule has 0 bridgehead atoms. The van der Waals surface area contributed by atoms with Crippen LogP contribution in [0.2, 0.25) is 0 Å². The van der Waals surface area contributed by atoms with E-state index < -0.39 is 0 Å². The molecule has 0 N–H and O–H groups in total. The van der Waals surface area contributed by atoms with E-state index in [0.29, 0.717) is 25.6 Å². The van der Waals surface area contributed by atoms with E-state index in [0.717, 1.165) is 49.9 Å². The molecule has 7 nitrogen and oxygen atoms in total. The highest BCUT2D eigenvalue weighted by Crippen LogP contribution is 2.26. The van der Waals surface area contributed by atoms with Crippen LogP contribution in [0.1, 0.15) is 53.5 Å². The van der Waals surface area contributed by atoms with Crippen molar-refractivity contribution in [1.82, 2.24) is 14.7 Å². The van der Waals surface area contributed by atoms with Crippen molar-refractivity contribution in [2.24, 2.45) is 4.99 Å². The number of hydrogen-bond donors (Lipinski definition) is 0. The number of hydrogen-bond acceptors (Lipinski definition) is 8. The standard InChI is InChI=1S/C34H44N4O3S/c1-4-5-22-41-33-18-21-37(26-32-17-16-31(42-32)25-36-19-6-7-20-36)34(35-33)38(23-27-8-12-29(39-2)13-9-27)24-28-10-14-30(40-3)15-11-28/h8-18H,4-7,19-26H2,1-3H3. The molecule has 1 aromatic heterocycles. The Bertz CT molecular complexity index is 1260. The smallest absolute Gasteiger partial charge is 0.214 e. The van der Waals surface area contributed by atoms with Gasteiger partial charge in [-0.15, -0.1) is 11.3 Å². The summed E-state index contributed by atoms with van der Waals surface area (Å²) < 4.78 is 17.0. The van der Waals surface area contributed by atoms with E-state index in [9.17, 15) is 0 Å². The molecule has 224 valence electrons. The van der Waals surface area contributed by atoms with Crippen LogP contribution in [0.25, 0.3) is 0 Å². The average molecular weight is 589 g/mol. The van der Waals surface area contributed by atoms with Crippen LogP contribution in [0, 0.1) is 0 Å². The van der Waals surface area contributed by atoms with Gasteiger partial charge in [-0.05, 0) is 86.0 Å². The molecule has 2 aromatic carbocycles. The lowest BCUT2D eigenvalue weighted by atomic mass is 10.1. The molecule has 3 aromatic rings. The first-order valence-electron chi connectivity index (χ1n) is 15.1. The molecule has 8 heteroatoms. The van der Waals surface area contributed by atoms with Crippen LogP contribution in [0.15, 0.2) is 77.6 Å². The maximum absolute atomic E-state index is 6.13. The van der Waals surface area contributed by atoms with Crippen molar-refractivity contribution >= 4 is 17.3 Å². The normalized spacial score (nSPS) is 15.4. The van der Waals surface area contributed by atoms with E-state index >= 15 is 0 Å². The summed E-state index contributed by atoms with van der Waals surface area (Å²) in [5, 5.41) is 0. The molecular weight excluding hydrogens is 544 g/mol. The first-order valence-corrected chi connectivity index (χ1v) is 15.9. The summed E-state index contributed by atoms with van der Waals surface area (Å²) >= 11 is 1.92. The number of methoxy groups -OCH3 is 2. The van der Waals surface area contributed by atoms with Crippen LogP contribution >= 0.6 is 11.3 Å². The summed E-state index contributed by atoms with van der Waals surface area (Å²) in [5.41, 5.74) is 2.39. The summed E-state index contributed by atoms with van der Waals surface area (Å²) in [6, 6.07) is 21.2. The Labute approximate surface area is 255 Å². The molecule has 0 unspecified atom stereocenters. The van der Waals surface area contributed by atoms with Crippen molar-refractivity contribution in [1.29, 1.82) is 0 Å². The molecule has 0 radical (unpaired) electrons. The summed E-state index contributed by atoms with van der Waals surface area (Å²) in [7, 11) is 3.40. The minimum atomic E-state index is 0.681. The number of likely N-dealkylation sites (tertiary alicyclic amines) is 1. The van der Waals surface area contributed by atoms with Gasteiger partial charge in [0.05, 0.1) is 27.4 Å². The average Bonchev–Trinajstić information content (AvgIpc) is 3.71. The highest BCUT2D eigenvalue weighted by atomic mass is 32.1. The lowest BCUT2D eigenvalue weighted by molar-refractivity contribution is 0.194. The molecule has 2 aliphatic rings. The third-order valence-electron chi connectivity index (χ3n) is 7.72. The second-order valence-electron chi connectivity index (χ2n) is 10.9. The molecule has 42 heavy (non-hydrogen) atoms. The van der Waals surface area contributed by atoms with Gasteiger partial charge in [0.1, 0.15) is 11.5 Å². The molecule has 3 heterocycles. The quantitative estimate of drug-likeness (QED) is 0.191. The molecule has 1 saturated heterocycles. The van der Waals surface area contributed by atoms with Crippen LogP contribution in [0.4, 0.5) is 0 Å². The maximum Gasteiger partial charge on any atom is 0.214 e. The highest BCUT2D eigenvalue weighted by Gasteiger charge is 2.25. The number of thiophene rings is 1. The predicted molar refractivity (Wildman–Crippen MR) is 171 cm³/mol. The van der Waals surface area contributed by atoms with Gasteiger partial charge in [-0.2, -0.15) is 4.99 Å². The summed E-state index contributed by atoms with van der Waals surface area (Å²) in [5.74, 6) is 3.36. The number of benzene rings is 2. The van der Waals surface area contributed by atoms with Crippen LogP contribution < -0.4 is 9.47 Å². The number of unbranched alkanes of at least 4 members (excludes halogenated alkanes) is 1. The predicted octanol–water partition coefficient (Wildman–Crippen LogP) is 6.89. The molecule has 0 aliphatic carbocycles. The number of rotatable bonds is 14. The van der Waals surface area contributed by atoms with Crippen molar-refractivity contribution in [2.75, 3.05) is 40.5 Å². The Kier molecular flexibility index (Phi) is 10.8. The van der Waals surface area contributed by atoms with Crippen LogP contribution in [0.5, 0.6) is 11.5 Å². The molecular formula is C34H44N4O3S. The Morgan fingerprint density at radius 3 is 1.98 bits per heavy atom. The van der Waals surface area contributed by atoms with Gasteiger partial charge in [0.2, 0.25) is 11.8 Å². The fourth-order valence-electron chi connectivity index (χ4n) is 5.34. The van der Waals surface area contributed by atoms with Crippen LogP contribution in [-0.2, 0) is 30.9 Å². The molecule has 0 amide bonds. The Morgan fingerprint density at radius 1 is 0.810 bits per heavy atom. The summed E-state index contributed by atoms with van der Waals surface area (Å²) in [4.78, 5) is 15.2. The number of guanidine groups is 1. The number of aliphatic imine (C=N–C) groups is 1. The molecule has 0 atom stereocenters. The second kappa shape index (κ2) is 15.1. The van der Waals surface area contributed by atoms with Gasteiger partial charge in [0.15, 0.2) is 0 Å². The zero-order chi connectivity index (χ0) is 29.1. The Hall–Kier alpha value is -3.49. The van der Waals surface area contributed by atoms with Crippen LogP contribution in [-0.4, -0.2) is 61.1 Å². The lowest BCUT2D eigenvalue weighted by Gasteiger charge is -2.36. The third-order valence-corrected chi connectivity index (χ3v) is 8.77. The van der Waals surface area contributed by atoms with Crippen molar-refractivity contribution in [2.45, 2.75) is 58.8 Å². The first kappa shape index (κ1) is 30.0. The molecule has 0 saturated carbocycles. The van der Waals surface area contributed by atoms with E-state index in [1.807, 2.05) is 35.6 Å². The van der Waals surface area contributed by atoms with E-state index in [1.165, 1.54) is 46.8 Å². The fraction of sp³-hybridized carbons (Fsp3) is 0.441. The van der Waals surface area contributed by atoms with E-state index in [4.69, 9.17) is 19.2 Å². The van der Waals surface area contributed by atoms with Crippen molar-refractivity contribution in [3.05, 3.63) is 93.5 Å². The van der Waals surface area contributed by atoms with Gasteiger partial charge in [-0.25, -0.2) is 0 Å². The van der Waals surface area contributed by atoms with Gasteiger partial charge in [0, 0.05) is 35.9 Å². The molecule has 5 rings (SSSR count). The fourth-order valence-corrected chi connectivity index (χ4v) is 6.42. The first-order chi connectivity index (χ1) is 20.6. The minimum absolute atomic E-state index is 0.681. The largest absolute Gasteiger partial charge is 0.497 e. The number of ether oxygens (including phenoxy) is 3. The van der Waals surface area contributed by atoms with Gasteiger partial charge in [0.25, 0.3) is 0 Å².